The number of Topliss-reactive ketones (excluding diaryl/α,β-unsaturated/α-hetero) is 1. The zero-order chi connectivity index (χ0) is 11.0. The molecule has 14 heavy (non-hydrogen) atoms. The molecule has 0 amide bonds. The number of hydrogen-bond acceptors (Lipinski definition) is 2. The third-order valence-corrected chi connectivity index (χ3v) is 2.79. The number of carbonyl (C=O) groups excluding carboxylic acids is 1. The van der Waals surface area contributed by atoms with Gasteiger partial charge >= 0.3 is 0 Å². The average molecular weight is 200 g/mol. The fourth-order valence-electron chi connectivity index (χ4n) is 1.57. The molecule has 2 heteroatoms. The predicted octanol–water partition coefficient (Wildman–Crippen LogP) is 2.93. The molecule has 0 radical (unpaired) electrons. The quantitative estimate of drug-likeness (QED) is 0.612. The van der Waals surface area contributed by atoms with Gasteiger partial charge in [0.1, 0.15) is 5.78 Å². The lowest BCUT2D eigenvalue weighted by Crippen LogP contribution is -2.25. The fraction of sp³-hybridized carbons (Fsp3) is 0.917. The minimum absolute atomic E-state index is 0.174. The van der Waals surface area contributed by atoms with E-state index in [0.29, 0.717) is 6.42 Å². The van der Waals surface area contributed by atoms with Gasteiger partial charge in [0.2, 0.25) is 0 Å². The van der Waals surface area contributed by atoms with E-state index in [1.54, 1.807) is 0 Å². The van der Waals surface area contributed by atoms with Gasteiger partial charge in [-0.05, 0) is 6.42 Å². The molecular formula is C12H24O2. The van der Waals surface area contributed by atoms with Crippen molar-refractivity contribution in [2.24, 2.45) is 5.92 Å². The van der Waals surface area contributed by atoms with Gasteiger partial charge in [-0.3, -0.25) is 4.79 Å². The number of unbranched alkanes of at least 4 members (excludes halogenated alkanes) is 3. The van der Waals surface area contributed by atoms with Crippen LogP contribution in [0.5, 0.6) is 0 Å². The summed E-state index contributed by atoms with van der Waals surface area (Å²) in [6.45, 7) is 5.85. The van der Waals surface area contributed by atoms with Crippen LogP contribution in [-0.2, 0) is 4.79 Å². The highest BCUT2D eigenvalue weighted by Gasteiger charge is 2.19. The van der Waals surface area contributed by atoms with Crippen LogP contribution in [0.25, 0.3) is 0 Å². The molecule has 0 rings (SSSR count). The van der Waals surface area contributed by atoms with Crippen LogP contribution in [0.4, 0.5) is 0 Å². The van der Waals surface area contributed by atoms with E-state index in [1.165, 1.54) is 19.3 Å². The smallest absolute Gasteiger partial charge is 0.138 e. The van der Waals surface area contributed by atoms with Crippen molar-refractivity contribution in [2.75, 3.05) is 0 Å². The van der Waals surface area contributed by atoms with E-state index in [9.17, 15) is 9.90 Å². The van der Waals surface area contributed by atoms with Gasteiger partial charge in [0.15, 0.2) is 0 Å². The van der Waals surface area contributed by atoms with E-state index in [2.05, 4.69) is 6.92 Å². The third kappa shape index (κ3) is 5.38. The standard InChI is InChI=1S/C12H24O2/c1-4-6-7-8-9-12(14)10(3)11(13)5-2/h10,12,14H,4-9H2,1-3H3. The molecule has 2 atom stereocenters. The van der Waals surface area contributed by atoms with Gasteiger partial charge in [0.05, 0.1) is 6.10 Å². The number of aliphatic hydroxyl groups is 1. The summed E-state index contributed by atoms with van der Waals surface area (Å²) in [4.78, 5) is 11.3. The highest BCUT2D eigenvalue weighted by atomic mass is 16.3. The highest BCUT2D eigenvalue weighted by Crippen LogP contribution is 2.14. The van der Waals surface area contributed by atoms with E-state index in [1.807, 2.05) is 13.8 Å². The van der Waals surface area contributed by atoms with Gasteiger partial charge in [-0.1, -0.05) is 46.5 Å². The van der Waals surface area contributed by atoms with Gasteiger partial charge in [0, 0.05) is 12.3 Å². The second-order valence-electron chi connectivity index (χ2n) is 4.03. The van der Waals surface area contributed by atoms with Gasteiger partial charge in [-0.25, -0.2) is 0 Å². The largest absolute Gasteiger partial charge is 0.392 e. The Morgan fingerprint density at radius 1 is 1.21 bits per heavy atom. The first-order chi connectivity index (χ1) is 6.63. The van der Waals surface area contributed by atoms with Crippen LogP contribution >= 0.6 is 0 Å². The van der Waals surface area contributed by atoms with Crippen molar-refractivity contribution in [3.05, 3.63) is 0 Å². The molecule has 0 heterocycles. The van der Waals surface area contributed by atoms with Crippen molar-refractivity contribution in [3.8, 4) is 0 Å². The molecule has 2 unspecified atom stereocenters. The van der Waals surface area contributed by atoms with Crippen LogP contribution in [-0.4, -0.2) is 17.0 Å². The lowest BCUT2D eigenvalue weighted by molar-refractivity contribution is -0.125. The summed E-state index contributed by atoms with van der Waals surface area (Å²) in [5.41, 5.74) is 0. The Hall–Kier alpha value is -0.370. The Balaban J connectivity index is 3.61. The van der Waals surface area contributed by atoms with Gasteiger partial charge in [-0.15, -0.1) is 0 Å². The molecule has 84 valence electrons. The monoisotopic (exact) mass is 200 g/mol. The first kappa shape index (κ1) is 13.6. The maximum Gasteiger partial charge on any atom is 0.138 e. The van der Waals surface area contributed by atoms with E-state index < -0.39 is 6.10 Å². The number of carbonyl (C=O) groups is 1. The number of rotatable bonds is 8. The van der Waals surface area contributed by atoms with Crippen molar-refractivity contribution in [1.29, 1.82) is 0 Å². The summed E-state index contributed by atoms with van der Waals surface area (Å²) in [6, 6.07) is 0. The normalized spacial score (nSPS) is 15.1. The van der Waals surface area contributed by atoms with Gasteiger partial charge in [-0.2, -0.15) is 0 Å². The highest BCUT2D eigenvalue weighted by molar-refractivity contribution is 5.80. The molecule has 0 aliphatic rings. The second kappa shape index (κ2) is 7.98. The zero-order valence-electron chi connectivity index (χ0n) is 9.75. The summed E-state index contributed by atoms with van der Waals surface area (Å²) >= 11 is 0. The molecule has 0 saturated carbocycles. The zero-order valence-corrected chi connectivity index (χ0v) is 9.75. The van der Waals surface area contributed by atoms with Crippen LogP contribution in [0, 0.1) is 5.92 Å². The lowest BCUT2D eigenvalue weighted by Gasteiger charge is -2.16. The van der Waals surface area contributed by atoms with E-state index in [-0.39, 0.29) is 11.7 Å². The SMILES string of the molecule is CCCCCCC(O)C(C)C(=O)CC. The van der Waals surface area contributed by atoms with Gasteiger partial charge < -0.3 is 5.11 Å². The van der Waals surface area contributed by atoms with Crippen molar-refractivity contribution in [3.63, 3.8) is 0 Å². The molecular weight excluding hydrogens is 176 g/mol. The molecule has 1 N–H and O–H groups in total. The number of hydrogen-bond donors (Lipinski definition) is 1. The summed E-state index contributed by atoms with van der Waals surface area (Å²) < 4.78 is 0. The Kier molecular flexibility index (Phi) is 7.77. The lowest BCUT2D eigenvalue weighted by atomic mass is 9.94. The summed E-state index contributed by atoms with van der Waals surface area (Å²) in [6.07, 6.45) is 5.51. The van der Waals surface area contributed by atoms with Crippen molar-refractivity contribution < 1.29 is 9.90 Å². The molecule has 0 saturated heterocycles. The molecule has 0 fully saturated rings. The maximum absolute atomic E-state index is 11.3. The van der Waals surface area contributed by atoms with Crippen LogP contribution in [0.15, 0.2) is 0 Å². The fourth-order valence-corrected chi connectivity index (χ4v) is 1.57. The minimum atomic E-state index is -0.431. The molecule has 0 aromatic rings. The Morgan fingerprint density at radius 3 is 2.36 bits per heavy atom. The molecule has 0 aromatic heterocycles. The Bertz CT molecular complexity index is 154. The topological polar surface area (TPSA) is 37.3 Å². The summed E-state index contributed by atoms with van der Waals surface area (Å²) in [5, 5.41) is 9.70. The molecule has 0 aromatic carbocycles. The van der Waals surface area contributed by atoms with Crippen molar-refractivity contribution >= 4 is 5.78 Å². The number of aliphatic hydroxyl groups excluding tert-OH is 1. The van der Waals surface area contributed by atoms with Crippen LogP contribution in [0.3, 0.4) is 0 Å². The summed E-state index contributed by atoms with van der Waals surface area (Å²) in [7, 11) is 0. The molecule has 0 spiro atoms. The van der Waals surface area contributed by atoms with Crippen molar-refractivity contribution in [1.82, 2.24) is 0 Å². The molecule has 0 aliphatic heterocycles. The second-order valence-corrected chi connectivity index (χ2v) is 4.03. The minimum Gasteiger partial charge on any atom is -0.392 e. The first-order valence-corrected chi connectivity index (χ1v) is 5.84. The Morgan fingerprint density at radius 2 is 1.86 bits per heavy atom. The van der Waals surface area contributed by atoms with E-state index >= 15 is 0 Å². The van der Waals surface area contributed by atoms with E-state index in [4.69, 9.17) is 0 Å². The molecule has 2 nitrogen and oxygen atoms in total. The van der Waals surface area contributed by atoms with Crippen LogP contribution < -0.4 is 0 Å². The van der Waals surface area contributed by atoms with Crippen LogP contribution in [0.2, 0.25) is 0 Å². The summed E-state index contributed by atoms with van der Waals surface area (Å²) in [5.74, 6) is -0.00498. The molecule has 0 aliphatic carbocycles. The van der Waals surface area contributed by atoms with Crippen molar-refractivity contribution in [2.45, 2.75) is 65.4 Å². The predicted molar refractivity (Wildman–Crippen MR) is 59.2 cm³/mol. The first-order valence-electron chi connectivity index (χ1n) is 5.84. The Labute approximate surface area is 87.7 Å². The third-order valence-electron chi connectivity index (χ3n) is 2.79. The van der Waals surface area contributed by atoms with Gasteiger partial charge in [0.25, 0.3) is 0 Å². The van der Waals surface area contributed by atoms with Crippen LogP contribution in [0.1, 0.15) is 59.3 Å². The molecule has 0 bridgehead atoms. The van der Waals surface area contributed by atoms with E-state index in [0.717, 1.165) is 12.8 Å². The number of ketones is 1. The maximum atomic E-state index is 11.3. The average Bonchev–Trinajstić information content (AvgIpc) is 2.21.